The molecule has 0 saturated carbocycles. The molecule has 0 aliphatic rings. The number of rotatable bonds is 9. The van der Waals surface area contributed by atoms with Crippen LogP contribution in [0.2, 0.25) is 5.02 Å². The van der Waals surface area contributed by atoms with Gasteiger partial charge in [0.15, 0.2) is 0 Å². The van der Waals surface area contributed by atoms with Crippen LogP contribution in [-0.2, 0) is 14.8 Å². The van der Waals surface area contributed by atoms with Crippen molar-refractivity contribution in [1.29, 1.82) is 0 Å². The number of aryl methyl sites for hydroxylation is 2. The molecule has 0 aromatic heterocycles. The van der Waals surface area contributed by atoms with Crippen LogP contribution in [0.25, 0.3) is 0 Å². The van der Waals surface area contributed by atoms with E-state index in [9.17, 15) is 13.2 Å². The third-order valence-electron chi connectivity index (χ3n) is 4.28. The van der Waals surface area contributed by atoms with Crippen LogP contribution in [0.15, 0.2) is 42.5 Å². The molecule has 0 heterocycles. The minimum Gasteiger partial charge on any atom is -0.492 e. The van der Waals surface area contributed by atoms with Crippen molar-refractivity contribution >= 4 is 33.2 Å². The fourth-order valence-electron chi connectivity index (χ4n) is 3.13. The maximum absolute atomic E-state index is 12.7. The SMILES string of the molecule is CC[C@H](C(=O)NCCOc1cc(C)cc(C)c1)N(c1ccc(Cl)cc1)S(C)(=O)=O. The van der Waals surface area contributed by atoms with E-state index < -0.39 is 16.1 Å². The van der Waals surface area contributed by atoms with Crippen molar-refractivity contribution in [3.05, 3.63) is 58.6 Å². The van der Waals surface area contributed by atoms with E-state index in [-0.39, 0.29) is 19.1 Å². The maximum Gasteiger partial charge on any atom is 0.244 e. The van der Waals surface area contributed by atoms with Crippen LogP contribution in [0.3, 0.4) is 0 Å². The molecule has 29 heavy (non-hydrogen) atoms. The van der Waals surface area contributed by atoms with Crippen LogP contribution in [0, 0.1) is 13.8 Å². The Morgan fingerprint density at radius 3 is 2.24 bits per heavy atom. The Bertz CT molecular complexity index is 925. The minimum atomic E-state index is -3.67. The van der Waals surface area contributed by atoms with Crippen LogP contribution in [0.1, 0.15) is 24.5 Å². The number of ether oxygens (including phenoxy) is 1. The van der Waals surface area contributed by atoms with Crippen molar-refractivity contribution in [2.75, 3.05) is 23.7 Å². The zero-order valence-corrected chi connectivity index (χ0v) is 18.7. The molecule has 0 bridgehead atoms. The number of carbonyl (C=O) groups is 1. The van der Waals surface area contributed by atoms with Crippen LogP contribution < -0.4 is 14.4 Å². The second-order valence-electron chi connectivity index (χ2n) is 6.92. The summed E-state index contributed by atoms with van der Waals surface area (Å²) < 4.78 is 31.6. The third kappa shape index (κ3) is 6.65. The first kappa shape index (κ1) is 23.0. The standard InChI is InChI=1S/C21H27ClN2O4S/c1-5-20(24(29(4,26)27)18-8-6-17(22)7-9-18)21(25)23-10-11-28-19-13-15(2)12-16(3)14-19/h6-9,12-14,20H,5,10-11H2,1-4H3,(H,23,25)/t20-/m1/s1. The molecule has 0 aliphatic carbocycles. The zero-order chi connectivity index (χ0) is 21.6. The van der Waals surface area contributed by atoms with E-state index >= 15 is 0 Å². The third-order valence-corrected chi connectivity index (χ3v) is 5.71. The van der Waals surface area contributed by atoms with Crippen molar-refractivity contribution in [3.8, 4) is 5.75 Å². The number of hydrogen-bond acceptors (Lipinski definition) is 4. The fourth-order valence-corrected chi connectivity index (χ4v) is 4.46. The number of benzene rings is 2. The second kappa shape index (κ2) is 9.98. The average molecular weight is 439 g/mol. The first-order valence-electron chi connectivity index (χ1n) is 9.35. The maximum atomic E-state index is 12.7. The molecule has 0 fully saturated rings. The van der Waals surface area contributed by atoms with Crippen LogP contribution in [0.4, 0.5) is 5.69 Å². The molecule has 0 aliphatic heterocycles. The lowest BCUT2D eigenvalue weighted by atomic mass is 10.1. The van der Waals surface area contributed by atoms with Gasteiger partial charge < -0.3 is 10.1 Å². The van der Waals surface area contributed by atoms with Gasteiger partial charge >= 0.3 is 0 Å². The summed E-state index contributed by atoms with van der Waals surface area (Å²) in [5, 5.41) is 3.26. The van der Waals surface area contributed by atoms with Crippen LogP contribution >= 0.6 is 11.6 Å². The van der Waals surface area contributed by atoms with Crippen molar-refractivity contribution < 1.29 is 17.9 Å². The topological polar surface area (TPSA) is 75.7 Å². The van der Waals surface area contributed by atoms with Crippen LogP contribution in [0.5, 0.6) is 5.75 Å². The van der Waals surface area contributed by atoms with E-state index in [2.05, 4.69) is 11.4 Å². The summed E-state index contributed by atoms with van der Waals surface area (Å²) in [6.07, 6.45) is 1.40. The van der Waals surface area contributed by atoms with Gasteiger partial charge in [0.05, 0.1) is 18.5 Å². The first-order chi connectivity index (χ1) is 13.6. The highest BCUT2D eigenvalue weighted by molar-refractivity contribution is 7.92. The predicted molar refractivity (Wildman–Crippen MR) is 117 cm³/mol. The van der Waals surface area contributed by atoms with Gasteiger partial charge in [-0.3, -0.25) is 9.10 Å². The molecule has 0 saturated heterocycles. The van der Waals surface area contributed by atoms with Gasteiger partial charge in [-0.15, -0.1) is 0 Å². The van der Waals surface area contributed by atoms with Gasteiger partial charge in [-0.1, -0.05) is 24.6 Å². The summed E-state index contributed by atoms with van der Waals surface area (Å²) in [4.78, 5) is 12.7. The molecule has 1 atom stereocenters. The van der Waals surface area contributed by atoms with Crippen molar-refractivity contribution in [3.63, 3.8) is 0 Å². The van der Waals surface area contributed by atoms with Crippen molar-refractivity contribution in [2.45, 2.75) is 33.2 Å². The second-order valence-corrected chi connectivity index (χ2v) is 9.22. The van der Waals surface area contributed by atoms with Crippen molar-refractivity contribution in [2.24, 2.45) is 0 Å². The summed E-state index contributed by atoms with van der Waals surface area (Å²) in [6.45, 7) is 6.30. The molecule has 0 radical (unpaired) electrons. The summed E-state index contributed by atoms with van der Waals surface area (Å²) in [7, 11) is -3.67. The number of amides is 1. The first-order valence-corrected chi connectivity index (χ1v) is 11.6. The molecule has 0 spiro atoms. The highest BCUT2D eigenvalue weighted by Crippen LogP contribution is 2.24. The number of carbonyl (C=O) groups excluding carboxylic acids is 1. The number of nitrogens with one attached hydrogen (secondary N) is 1. The lowest BCUT2D eigenvalue weighted by Gasteiger charge is -2.30. The molecule has 2 rings (SSSR count). The number of sulfonamides is 1. The quantitative estimate of drug-likeness (QED) is 0.606. The molecule has 6 nitrogen and oxygen atoms in total. The highest BCUT2D eigenvalue weighted by Gasteiger charge is 2.31. The summed E-state index contributed by atoms with van der Waals surface area (Å²) in [6, 6.07) is 11.4. The normalized spacial score (nSPS) is 12.3. The van der Waals surface area contributed by atoms with Gasteiger partial charge in [-0.2, -0.15) is 0 Å². The number of hydrogen-bond donors (Lipinski definition) is 1. The number of nitrogens with zero attached hydrogens (tertiary/aromatic N) is 1. The molecule has 158 valence electrons. The van der Waals surface area contributed by atoms with Gasteiger partial charge in [0.25, 0.3) is 0 Å². The molecule has 0 unspecified atom stereocenters. The Labute approximate surface area is 177 Å². The molecule has 1 amide bonds. The van der Waals surface area contributed by atoms with E-state index in [1.165, 1.54) is 0 Å². The molecule has 8 heteroatoms. The Kier molecular flexibility index (Phi) is 7.93. The molecular formula is C21H27ClN2O4S. The minimum absolute atomic E-state index is 0.264. The number of halogens is 1. The summed E-state index contributed by atoms with van der Waals surface area (Å²) in [5.41, 5.74) is 2.59. The smallest absolute Gasteiger partial charge is 0.244 e. The van der Waals surface area contributed by atoms with E-state index in [0.29, 0.717) is 17.1 Å². The largest absolute Gasteiger partial charge is 0.492 e. The van der Waals surface area contributed by atoms with Gasteiger partial charge in [0.1, 0.15) is 18.4 Å². The van der Waals surface area contributed by atoms with Gasteiger partial charge in [-0.25, -0.2) is 8.42 Å². The zero-order valence-electron chi connectivity index (χ0n) is 17.1. The predicted octanol–water partition coefficient (Wildman–Crippen LogP) is 3.70. The van der Waals surface area contributed by atoms with Gasteiger partial charge in [0, 0.05) is 5.02 Å². The molecular weight excluding hydrogens is 412 g/mol. The Morgan fingerprint density at radius 1 is 1.14 bits per heavy atom. The average Bonchev–Trinajstić information content (AvgIpc) is 2.62. The molecule has 2 aromatic rings. The Hall–Kier alpha value is -2.25. The van der Waals surface area contributed by atoms with Crippen LogP contribution in [-0.4, -0.2) is 39.8 Å². The van der Waals surface area contributed by atoms with Crippen molar-refractivity contribution in [1.82, 2.24) is 5.32 Å². The monoisotopic (exact) mass is 438 g/mol. The van der Waals surface area contributed by atoms with E-state index in [1.54, 1.807) is 31.2 Å². The summed E-state index contributed by atoms with van der Waals surface area (Å²) >= 11 is 5.90. The van der Waals surface area contributed by atoms with E-state index in [0.717, 1.165) is 27.4 Å². The molecule has 2 aromatic carbocycles. The highest BCUT2D eigenvalue weighted by atomic mass is 35.5. The Morgan fingerprint density at radius 2 is 1.72 bits per heavy atom. The summed E-state index contributed by atoms with van der Waals surface area (Å²) in [5.74, 6) is 0.361. The Balaban J connectivity index is 2.04. The van der Waals surface area contributed by atoms with E-state index in [1.807, 2.05) is 26.0 Å². The van der Waals surface area contributed by atoms with Gasteiger partial charge in [0.2, 0.25) is 15.9 Å². The fraction of sp³-hybridized carbons (Fsp3) is 0.381. The lowest BCUT2D eigenvalue weighted by molar-refractivity contribution is -0.122. The lowest BCUT2D eigenvalue weighted by Crippen LogP contribution is -2.50. The number of anilines is 1. The molecule has 1 N–H and O–H groups in total. The van der Waals surface area contributed by atoms with E-state index in [4.69, 9.17) is 16.3 Å². The van der Waals surface area contributed by atoms with Gasteiger partial charge in [-0.05, 0) is 67.8 Å².